The molecule has 1 aromatic carbocycles. The first-order chi connectivity index (χ1) is 9.15. The highest BCUT2D eigenvalue weighted by molar-refractivity contribution is 6.07. The predicted octanol–water partition coefficient (Wildman–Crippen LogP) is 3.01. The van der Waals surface area contributed by atoms with Gasteiger partial charge in [-0.2, -0.15) is 0 Å². The molecule has 4 nitrogen and oxygen atoms in total. The summed E-state index contributed by atoms with van der Waals surface area (Å²) in [5.74, 6) is 1.24. The Balaban J connectivity index is 1.91. The summed E-state index contributed by atoms with van der Waals surface area (Å²) in [4.78, 5) is 12.4. The van der Waals surface area contributed by atoms with Crippen molar-refractivity contribution in [2.75, 3.05) is 17.2 Å². The number of para-hydroxylation sites is 1. The lowest BCUT2D eigenvalue weighted by Gasteiger charge is -2.36. The molecule has 1 aliphatic heterocycles. The molecular weight excluding hydrogens is 240 g/mol. The Bertz CT molecular complexity index is 511. The first-order valence-electron chi connectivity index (χ1n) is 7.00. The fraction of sp³-hybridized carbons (Fsp3) is 0.533. The fourth-order valence-corrected chi connectivity index (χ4v) is 2.62. The van der Waals surface area contributed by atoms with Gasteiger partial charge in [-0.15, -0.1) is 0 Å². The van der Waals surface area contributed by atoms with Crippen LogP contribution >= 0.6 is 0 Å². The lowest BCUT2D eigenvalue weighted by molar-refractivity contribution is -0.120. The summed E-state index contributed by atoms with van der Waals surface area (Å²) in [6, 6.07) is 5.85. The molecule has 0 bridgehead atoms. The molecule has 1 heterocycles. The van der Waals surface area contributed by atoms with Gasteiger partial charge in [-0.3, -0.25) is 4.79 Å². The Hall–Kier alpha value is -1.71. The van der Waals surface area contributed by atoms with Crippen molar-refractivity contribution >= 4 is 17.3 Å². The van der Waals surface area contributed by atoms with E-state index in [0.29, 0.717) is 12.5 Å². The van der Waals surface area contributed by atoms with Crippen molar-refractivity contribution < 1.29 is 9.53 Å². The maximum atomic E-state index is 12.4. The molecule has 1 unspecified atom stereocenters. The number of rotatable bonds is 4. The number of carbonyl (C=O) groups excluding carboxylic acids is 1. The summed E-state index contributed by atoms with van der Waals surface area (Å²) in [7, 11) is 0. The van der Waals surface area contributed by atoms with Gasteiger partial charge in [0.05, 0.1) is 12.3 Å². The van der Waals surface area contributed by atoms with Gasteiger partial charge < -0.3 is 15.4 Å². The lowest BCUT2D eigenvalue weighted by Crippen LogP contribution is -2.51. The van der Waals surface area contributed by atoms with Crippen molar-refractivity contribution in [3.63, 3.8) is 0 Å². The maximum Gasteiger partial charge on any atom is 0.250 e. The monoisotopic (exact) mass is 260 g/mol. The summed E-state index contributed by atoms with van der Waals surface area (Å²) >= 11 is 0. The number of benzene rings is 1. The van der Waals surface area contributed by atoms with Gasteiger partial charge in [0.2, 0.25) is 5.91 Å². The Morgan fingerprint density at radius 3 is 2.89 bits per heavy atom. The van der Waals surface area contributed by atoms with Crippen molar-refractivity contribution in [2.24, 2.45) is 5.92 Å². The van der Waals surface area contributed by atoms with E-state index >= 15 is 0 Å². The van der Waals surface area contributed by atoms with Crippen LogP contribution in [0.1, 0.15) is 33.1 Å². The van der Waals surface area contributed by atoms with Gasteiger partial charge in [0.1, 0.15) is 17.0 Å². The highest BCUT2D eigenvalue weighted by Gasteiger charge is 2.49. The van der Waals surface area contributed by atoms with Crippen molar-refractivity contribution in [3.8, 4) is 5.75 Å². The van der Waals surface area contributed by atoms with Crippen LogP contribution in [0.2, 0.25) is 0 Å². The Morgan fingerprint density at radius 2 is 2.21 bits per heavy atom. The number of ether oxygens (including phenoxy) is 1. The average molecular weight is 260 g/mol. The van der Waals surface area contributed by atoms with Crippen molar-refractivity contribution in [2.45, 2.75) is 38.6 Å². The molecule has 2 N–H and O–H groups in total. The van der Waals surface area contributed by atoms with E-state index in [1.54, 1.807) is 0 Å². The first kappa shape index (κ1) is 12.3. The second-order valence-corrected chi connectivity index (χ2v) is 5.58. The summed E-state index contributed by atoms with van der Waals surface area (Å²) in [6.45, 7) is 4.71. The normalized spacial score (nSPS) is 25.3. The Labute approximate surface area is 113 Å². The van der Waals surface area contributed by atoms with Crippen molar-refractivity contribution in [1.29, 1.82) is 0 Å². The smallest absolute Gasteiger partial charge is 0.250 e. The molecule has 4 heteroatoms. The molecular formula is C15H20N2O2. The van der Waals surface area contributed by atoms with Crippen molar-refractivity contribution in [1.82, 2.24) is 0 Å². The second kappa shape index (κ2) is 4.44. The number of amides is 1. The van der Waals surface area contributed by atoms with E-state index in [4.69, 9.17) is 4.74 Å². The van der Waals surface area contributed by atoms with E-state index in [-0.39, 0.29) is 5.91 Å². The van der Waals surface area contributed by atoms with E-state index in [9.17, 15) is 4.79 Å². The van der Waals surface area contributed by atoms with E-state index in [2.05, 4.69) is 17.6 Å². The van der Waals surface area contributed by atoms with Crippen LogP contribution in [-0.2, 0) is 4.79 Å². The highest BCUT2D eigenvalue weighted by Crippen LogP contribution is 2.47. The zero-order chi connectivity index (χ0) is 13.5. The van der Waals surface area contributed by atoms with Crippen LogP contribution in [0.25, 0.3) is 0 Å². The summed E-state index contributed by atoms with van der Waals surface area (Å²) in [6.07, 6.45) is 3.20. The van der Waals surface area contributed by atoms with Gasteiger partial charge >= 0.3 is 0 Å². The van der Waals surface area contributed by atoms with E-state index in [1.807, 2.05) is 25.1 Å². The Kier molecular flexibility index (Phi) is 2.88. The zero-order valence-electron chi connectivity index (χ0n) is 11.5. The minimum absolute atomic E-state index is 0.0510. The maximum absolute atomic E-state index is 12.4. The summed E-state index contributed by atoms with van der Waals surface area (Å²) in [5.41, 5.74) is 1.26. The average Bonchev–Trinajstić information content (AvgIpc) is 3.22. The number of nitrogens with one attached hydrogen (secondary N) is 2. The molecule has 0 spiro atoms. The molecule has 0 aromatic heterocycles. The summed E-state index contributed by atoms with van der Waals surface area (Å²) < 4.78 is 5.69. The second-order valence-electron chi connectivity index (χ2n) is 5.58. The molecule has 1 aliphatic carbocycles. The van der Waals surface area contributed by atoms with Crippen LogP contribution in [0.3, 0.4) is 0 Å². The Morgan fingerprint density at radius 1 is 1.42 bits per heavy atom. The molecule has 1 saturated carbocycles. The number of carbonyl (C=O) groups is 1. The molecule has 2 aliphatic rings. The van der Waals surface area contributed by atoms with Gasteiger partial charge in [-0.25, -0.2) is 0 Å². The molecule has 1 amide bonds. The van der Waals surface area contributed by atoms with Crippen LogP contribution in [0, 0.1) is 5.92 Å². The third kappa shape index (κ3) is 2.05. The summed E-state index contributed by atoms with van der Waals surface area (Å²) in [5, 5.41) is 6.43. The van der Waals surface area contributed by atoms with Gasteiger partial charge in [0, 0.05) is 0 Å². The van der Waals surface area contributed by atoms with Gasteiger partial charge in [-0.05, 0) is 44.2 Å². The van der Waals surface area contributed by atoms with Crippen LogP contribution in [0.15, 0.2) is 18.2 Å². The molecule has 102 valence electrons. The highest BCUT2D eigenvalue weighted by atomic mass is 16.5. The van der Waals surface area contributed by atoms with E-state index < -0.39 is 5.54 Å². The predicted molar refractivity (Wildman–Crippen MR) is 75.6 cm³/mol. The lowest BCUT2D eigenvalue weighted by atomic mass is 9.91. The number of hydrogen-bond acceptors (Lipinski definition) is 3. The SMILES string of the molecule is CCCOc1cccc2c1NC(=O)C(C)(C1CC1)N2. The minimum atomic E-state index is -0.476. The van der Waals surface area contributed by atoms with E-state index in [1.165, 1.54) is 0 Å². The molecule has 3 rings (SSSR count). The first-order valence-corrected chi connectivity index (χ1v) is 7.00. The third-order valence-electron chi connectivity index (χ3n) is 3.99. The molecule has 19 heavy (non-hydrogen) atoms. The quantitative estimate of drug-likeness (QED) is 0.875. The number of anilines is 2. The number of hydrogen-bond donors (Lipinski definition) is 2. The van der Waals surface area contributed by atoms with Crippen LogP contribution in [0.5, 0.6) is 5.75 Å². The van der Waals surface area contributed by atoms with E-state index in [0.717, 1.165) is 36.4 Å². The molecule has 1 atom stereocenters. The van der Waals surface area contributed by atoms with Gasteiger partial charge in [-0.1, -0.05) is 13.0 Å². The van der Waals surface area contributed by atoms with Gasteiger partial charge in [0.15, 0.2) is 0 Å². The van der Waals surface area contributed by atoms with Gasteiger partial charge in [0.25, 0.3) is 0 Å². The standard InChI is InChI=1S/C15H20N2O2/c1-3-9-19-12-6-4-5-11-13(12)16-14(18)15(2,17-11)10-7-8-10/h4-6,10,17H,3,7-9H2,1-2H3,(H,16,18). The zero-order valence-corrected chi connectivity index (χ0v) is 11.5. The third-order valence-corrected chi connectivity index (χ3v) is 3.99. The number of fused-ring (bicyclic) bond motifs is 1. The molecule has 1 aromatic rings. The van der Waals surface area contributed by atoms with Crippen molar-refractivity contribution in [3.05, 3.63) is 18.2 Å². The molecule has 0 saturated heterocycles. The largest absolute Gasteiger partial charge is 0.491 e. The minimum Gasteiger partial charge on any atom is -0.491 e. The fourth-order valence-electron chi connectivity index (χ4n) is 2.62. The van der Waals surface area contributed by atoms with Crippen LogP contribution < -0.4 is 15.4 Å². The molecule has 0 radical (unpaired) electrons. The topological polar surface area (TPSA) is 50.4 Å². The van der Waals surface area contributed by atoms with Crippen LogP contribution in [0.4, 0.5) is 11.4 Å². The van der Waals surface area contributed by atoms with Crippen LogP contribution in [-0.4, -0.2) is 18.1 Å². The molecule has 1 fully saturated rings.